The Balaban J connectivity index is 0.000000763. The molecule has 0 aromatic heterocycles. The smallest absolute Gasteiger partial charge is 0.509 e. The second-order valence-electron chi connectivity index (χ2n) is 6.93. The zero-order valence-electron chi connectivity index (χ0n) is 15.2. The molecule has 0 saturated carbocycles. The molecule has 6 heteroatoms. The molecule has 126 valence electrons. The lowest BCUT2D eigenvalue weighted by Gasteiger charge is -2.19. The van der Waals surface area contributed by atoms with Crippen molar-refractivity contribution in [1.82, 2.24) is 0 Å². The molecular weight excluding hydrogens is 281 g/mol. The highest BCUT2D eigenvalue weighted by molar-refractivity contribution is 6.37. The number of phenolic OH excluding ortho intramolecular Hbond substituents is 1. The first kappa shape index (κ1) is 20.8. The van der Waals surface area contributed by atoms with E-state index in [9.17, 15) is 5.11 Å². The van der Waals surface area contributed by atoms with E-state index < -0.39 is 7.32 Å². The lowest BCUT2D eigenvalue weighted by molar-refractivity contribution is -0.849. The van der Waals surface area contributed by atoms with Gasteiger partial charge < -0.3 is 23.6 Å². The van der Waals surface area contributed by atoms with E-state index in [0.717, 1.165) is 4.48 Å². The minimum Gasteiger partial charge on any atom is -0.509 e. The Labute approximate surface area is 135 Å². The van der Waals surface area contributed by atoms with Gasteiger partial charge in [0.1, 0.15) is 5.75 Å². The van der Waals surface area contributed by atoms with Crippen LogP contribution in [0.3, 0.4) is 0 Å². The molecule has 1 aromatic rings. The summed E-state index contributed by atoms with van der Waals surface area (Å²) in [6.45, 7) is 7.57. The molecule has 5 nitrogen and oxygen atoms in total. The van der Waals surface area contributed by atoms with Crippen molar-refractivity contribution in [3.8, 4) is 11.5 Å². The Morgan fingerprint density at radius 1 is 0.909 bits per heavy atom. The molecule has 0 aliphatic carbocycles. The van der Waals surface area contributed by atoms with Crippen LogP contribution in [0.25, 0.3) is 0 Å². The maximum atomic E-state index is 9.59. The van der Waals surface area contributed by atoms with Crippen LogP contribution in [-0.4, -0.2) is 57.3 Å². The molecule has 0 bridgehead atoms. The zero-order chi connectivity index (χ0) is 17.3. The molecule has 0 fully saturated rings. The van der Waals surface area contributed by atoms with Crippen molar-refractivity contribution in [2.75, 3.05) is 28.2 Å². The van der Waals surface area contributed by atoms with Crippen molar-refractivity contribution in [1.29, 1.82) is 0 Å². The quantitative estimate of drug-likeness (QED) is 0.648. The van der Waals surface area contributed by atoms with Crippen LogP contribution in [0.5, 0.6) is 11.5 Å². The molecular formula is C16H31BNO4+. The molecule has 1 N–H and O–H groups in total. The van der Waals surface area contributed by atoms with Gasteiger partial charge in [-0.15, -0.1) is 0 Å². The summed E-state index contributed by atoms with van der Waals surface area (Å²) in [7, 11) is 7.68. The first-order chi connectivity index (χ1) is 9.99. The van der Waals surface area contributed by atoms with Crippen LogP contribution in [0.2, 0.25) is 0 Å². The molecule has 0 radical (unpaired) electrons. The number of phenols is 1. The predicted octanol–water partition coefficient (Wildman–Crippen LogP) is 2.93. The molecule has 0 unspecified atom stereocenters. The number of quaternary nitrogens is 1. The second kappa shape index (κ2) is 9.72. The summed E-state index contributed by atoms with van der Waals surface area (Å²) in [6, 6.07) is 6.72. The van der Waals surface area contributed by atoms with Crippen molar-refractivity contribution in [3.05, 3.63) is 24.3 Å². The Morgan fingerprint density at radius 2 is 1.32 bits per heavy atom. The Morgan fingerprint density at radius 3 is 1.68 bits per heavy atom. The van der Waals surface area contributed by atoms with E-state index in [4.69, 9.17) is 14.0 Å². The molecule has 22 heavy (non-hydrogen) atoms. The van der Waals surface area contributed by atoms with Crippen LogP contribution >= 0.6 is 0 Å². The lowest BCUT2D eigenvalue weighted by atomic mass is 10.2. The van der Waals surface area contributed by atoms with Crippen molar-refractivity contribution < 1.29 is 23.6 Å². The van der Waals surface area contributed by atoms with Crippen LogP contribution in [0.1, 0.15) is 27.7 Å². The van der Waals surface area contributed by atoms with Crippen LogP contribution in [0, 0.1) is 0 Å². The highest BCUT2D eigenvalue weighted by Crippen LogP contribution is 2.25. The fourth-order valence-electron chi connectivity index (χ4n) is 1.19. The molecule has 0 saturated heterocycles. The summed E-state index contributed by atoms with van der Waals surface area (Å²) >= 11 is 0. The highest BCUT2D eigenvalue weighted by Gasteiger charge is 2.27. The fourth-order valence-corrected chi connectivity index (χ4v) is 1.19. The molecule has 0 atom stereocenters. The Kier molecular flexibility index (Phi) is 9.17. The van der Waals surface area contributed by atoms with Gasteiger partial charge in [0.2, 0.25) is 0 Å². The third-order valence-electron chi connectivity index (χ3n) is 1.86. The number of hydrogen-bond acceptors (Lipinski definition) is 4. The molecule has 0 aliphatic rings. The third kappa shape index (κ3) is 12.5. The zero-order valence-corrected chi connectivity index (χ0v) is 15.2. The first-order valence-electron chi connectivity index (χ1n) is 7.53. The van der Waals surface area contributed by atoms with Crippen LogP contribution in [0.15, 0.2) is 24.3 Å². The maximum absolute atomic E-state index is 9.59. The molecule has 0 heterocycles. The molecule has 0 aliphatic heterocycles. The van der Waals surface area contributed by atoms with E-state index in [1.54, 1.807) is 24.3 Å². The molecule has 0 spiro atoms. The SMILES string of the molecule is CC(C)OB(Oc1ccccc1O)OC(C)C.C[N+](C)(C)C. The summed E-state index contributed by atoms with van der Waals surface area (Å²) in [4.78, 5) is 0. The number of benzene rings is 1. The van der Waals surface area contributed by atoms with E-state index in [-0.39, 0.29) is 18.0 Å². The minimum atomic E-state index is -0.816. The number of para-hydroxylation sites is 2. The number of aromatic hydroxyl groups is 1. The largest absolute Gasteiger partial charge is 0.713 e. The van der Waals surface area contributed by atoms with Gasteiger partial charge in [0.25, 0.3) is 0 Å². The minimum absolute atomic E-state index is 0.0235. The number of hydrogen-bond donors (Lipinski definition) is 1. The van der Waals surface area contributed by atoms with E-state index in [1.807, 2.05) is 27.7 Å². The van der Waals surface area contributed by atoms with Crippen molar-refractivity contribution >= 4 is 7.32 Å². The number of nitrogens with zero attached hydrogens (tertiary/aromatic N) is 1. The van der Waals surface area contributed by atoms with Gasteiger partial charge in [0.05, 0.1) is 28.2 Å². The normalized spacial score (nSPS) is 11.2. The fraction of sp³-hybridized carbons (Fsp3) is 0.625. The van der Waals surface area contributed by atoms with Gasteiger partial charge in [-0.1, -0.05) is 12.1 Å². The van der Waals surface area contributed by atoms with Gasteiger partial charge in [0, 0.05) is 12.2 Å². The Hall–Kier alpha value is -1.24. The lowest BCUT2D eigenvalue weighted by Crippen LogP contribution is -2.35. The summed E-state index contributed by atoms with van der Waals surface area (Å²) in [5, 5.41) is 9.59. The van der Waals surface area contributed by atoms with E-state index in [0.29, 0.717) is 5.75 Å². The van der Waals surface area contributed by atoms with Gasteiger partial charge in [-0.05, 0) is 39.8 Å². The standard InChI is InChI=1S/C12H19BO4.C4H12N/c1-9(2)15-13(16-10(3)4)17-12-8-6-5-7-11(12)14;1-5(2,3)4/h5-10,14H,1-4H3;1-4H3/q;+1. The summed E-state index contributed by atoms with van der Waals surface area (Å²) in [5.41, 5.74) is 0. The van der Waals surface area contributed by atoms with Gasteiger partial charge in [-0.3, -0.25) is 0 Å². The first-order valence-corrected chi connectivity index (χ1v) is 7.53. The second-order valence-corrected chi connectivity index (χ2v) is 6.93. The summed E-state index contributed by atoms with van der Waals surface area (Å²) in [6.07, 6.45) is -0.0470. The van der Waals surface area contributed by atoms with Crippen LogP contribution < -0.4 is 4.65 Å². The molecule has 0 amide bonds. The van der Waals surface area contributed by atoms with Gasteiger partial charge in [0.15, 0.2) is 5.75 Å². The van der Waals surface area contributed by atoms with E-state index >= 15 is 0 Å². The summed E-state index contributed by atoms with van der Waals surface area (Å²) in [5.74, 6) is 0.413. The third-order valence-corrected chi connectivity index (χ3v) is 1.86. The topological polar surface area (TPSA) is 47.9 Å². The van der Waals surface area contributed by atoms with Gasteiger partial charge in [-0.25, -0.2) is 0 Å². The maximum Gasteiger partial charge on any atom is 0.713 e. The van der Waals surface area contributed by atoms with E-state index in [2.05, 4.69) is 28.2 Å². The number of rotatable bonds is 6. The highest BCUT2D eigenvalue weighted by atomic mass is 16.7. The van der Waals surface area contributed by atoms with Gasteiger partial charge >= 0.3 is 7.32 Å². The molecule has 1 rings (SSSR count). The molecule has 1 aromatic carbocycles. The van der Waals surface area contributed by atoms with Crippen molar-refractivity contribution in [3.63, 3.8) is 0 Å². The van der Waals surface area contributed by atoms with E-state index in [1.165, 1.54) is 0 Å². The van der Waals surface area contributed by atoms with Gasteiger partial charge in [-0.2, -0.15) is 0 Å². The average molecular weight is 312 g/mol. The van der Waals surface area contributed by atoms with Crippen LogP contribution in [-0.2, 0) is 9.31 Å². The average Bonchev–Trinajstić information content (AvgIpc) is 2.28. The summed E-state index contributed by atoms with van der Waals surface area (Å²) < 4.78 is 17.4. The van der Waals surface area contributed by atoms with Crippen molar-refractivity contribution in [2.45, 2.75) is 39.9 Å². The van der Waals surface area contributed by atoms with Crippen molar-refractivity contribution in [2.24, 2.45) is 0 Å². The monoisotopic (exact) mass is 312 g/mol. The van der Waals surface area contributed by atoms with Crippen LogP contribution in [0.4, 0.5) is 0 Å². The predicted molar refractivity (Wildman–Crippen MR) is 90.9 cm³/mol. The Bertz CT molecular complexity index is 403.